The molecule has 3 amide bonds. The minimum absolute atomic E-state index is 0.169. The molecular weight excluding hydrogens is 850 g/mol. The molecule has 1 atom stereocenters. The summed E-state index contributed by atoms with van der Waals surface area (Å²) in [6.07, 6.45) is 11.0. The van der Waals surface area contributed by atoms with Crippen molar-refractivity contribution < 1.29 is 23.7 Å². The van der Waals surface area contributed by atoms with Crippen molar-refractivity contribution in [1.29, 1.82) is 0 Å². The molecular formula is C51H60N9O5P. The van der Waals surface area contributed by atoms with Gasteiger partial charge in [-0.2, -0.15) is 9.97 Å². The van der Waals surface area contributed by atoms with Crippen LogP contribution in [0.25, 0.3) is 11.0 Å². The first-order valence-electron chi connectivity index (χ1n) is 23.4. The van der Waals surface area contributed by atoms with Crippen LogP contribution in [0.3, 0.4) is 0 Å². The number of H-pyrrole nitrogens is 1. The van der Waals surface area contributed by atoms with Crippen LogP contribution >= 0.6 is 7.14 Å². The number of aromatic amines is 1. The van der Waals surface area contributed by atoms with E-state index in [0.29, 0.717) is 41.4 Å². The molecule has 3 saturated heterocycles. The van der Waals surface area contributed by atoms with Crippen molar-refractivity contribution in [3.8, 4) is 17.6 Å². The van der Waals surface area contributed by atoms with E-state index in [-0.39, 0.29) is 18.2 Å². The number of nitrogens with zero attached hydrogens (tertiary/aromatic N) is 5. The van der Waals surface area contributed by atoms with Gasteiger partial charge in [-0.15, -0.1) is 0 Å². The van der Waals surface area contributed by atoms with Gasteiger partial charge in [0.25, 0.3) is 5.91 Å². The molecule has 6 heterocycles. The Morgan fingerprint density at radius 1 is 0.924 bits per heavy atom. The highest BCUT2D eigenvalue weighted by Gasteiger charge is 2.40. The lowest BCUT2D eigenvalue weighted by Gasteiger charge is -2.47. The van der Waals surface area contributed by atoms with Crippen LogP contribution < -0.4 is 30.9 Å². The molecule has 14 nitrogen and oxygen atoms in total. The normalized spacial score (nSPS) is 18.5. The van der Waals surface area contributed by atoms with Crippen molar-refractivity contribution >= 4 is 70.0 Å². The number of aryl methyl sites for hydroxylation is 1. The lowest BCUT2D eigenvalue weighted by Crippen LogP contribution is -2.52. The van der Waals surface area contributed by atoms with Crippen LogP contribution in [-0.4, -0.2) is 102 Å². The summed E-state index contributed by atoms with van der Waals surface area (Å²) in [5, 5.41) is 10.9. The number of fused-ring (bicyclic) bond motifs is 2. The van der Waals surface area contributed by atoms with Gasteiger partial charge in [0.05, 0.1) is 23.9 Å². The maximum Gasteiger partial charge on any atom is 0.255 e. The van der Waals surface area contributed by atoms with Crippen molar-refractivity contribution in [3.63, 3.8) is 0 Å². The number of benzene rings is 3. The topological polar surface area (TPSA) is 165 Å². The highest BCUT2D eigenvalue weighted by atomic mass is 31.2. The lowest BCUT2D eigenvalue weighted by atomic mass is 9.71. The number of anilines is 5. The fourth-order valence-electron chi connectivity index (χ4n) is 10.2. The monoisotopic (exact) mass is 909 g/mol. The number of unbranched alkanes of at least 4 members (excludes halogenated alkanes) is 2. The molecule has 0 aliphatic carbocycles. The number of carbonyl (C=O) groups excluding carboxylic acids is 3. The Kier molecular flexibility index (Phi) is 12.9. The van der Waals surface area contributed by atoms with E-state index in [1.807, 2.05) is 48.7 Å². The maximum absolute atomic E-state index is 13.2. The van der Waals surface area contributed by atoms with E-state index in [1.165, 1.54) is 36.9 Å². The molecule has 3 aromatic carbocycles. The predicted octanol–water partition coefficient (Wildman–Crippen LogP) is 7.93. The van der Waals surface area contributed by atoms with Gasteiger partial charge >= 0.3 is 0 Å². The molecule has 0 saturated carbocycles. The summed E-state index contributed by atoms with van der Waals surface area (Å²) in [6.45, 7) is 11.5. The number of para-hydroxylation sites is 1. The van der Waals surface area contributed by atoms with Crippen LogP contribution in [0.5, 0.6) is 5.75 Å². The average Bonchev–Trinajstić information content (AvgIpc) is 3.93. The van der Waals surface area contributed by atoms with Gasteiger partial charge in [-0.25, -0.2) is 0 Å². The van der Waals surface area contributed by atoms with Gasteiger partial charge in [0.15, 0.2) is 0 Å². The number of rotatable bonds is 13. The number of ether oxygens (including phenoxy) is 1. The molecule has 4 aliphatic rings. The Bertz CT molecular complexity index is 2770. The fourth-order valence-corrected chi connectivity index (χ4v) is 11.4. The maximum atomic E-state index is 13.2. The number of hydrogen-bond donors (Lipinski definition) is 4. The molecule has 9 rings (SSSR count). The molecule has 4 N–H and O–H groups in total. The molecule has 0 radical (unpaired) electrons. The Hall–Kier alpha value is -6.16. The molecule has 1 unspecified atom stereocenters. The molecule has 4 aliphatic heterocycles. The van der Waals surface area contributed by atoms with Crippen molar-refractivity contribution in [1.82, 2.24) is 30.1 Å². The number of amides is 3. The number of hydrogen-bond acceptors (Lipinski definition) is 11. The summed E-state index contributed by atoms with van der Waals surface area (Å²) in [5.74, 6) is 7.57. The van der Waals surface area contributed by atoms with Crippen LogP contribution in [0.1, 0.15) is 91.8 Å². The molecule has 1 spiro atoms. The Morgan fingerprint density at radius 3 is 2.47 bits per heavy atom. The second-order valence-electron chi connectivity index (χ2n) is 18.6. The summed E-state index contributed by atoms with van der Waals surface area (Å²) >= 11 is 0. The molecule has 15 heteroatoms. The van der Waals surface area contributed by atoms with E-state index in [1.54, 1.807) is 31.4 Å². The van der Waals surface area contributed by atoms with Crippen LogP contribution in [0.15, 0.2) is 66.9 Å². The Morgan fingerprint density at radius 2 is 1.71 bits per heavy atom. The third-order valence-corrected chi connectivity index (χ3v) is 15.6. The first-order chi connectivity index (χ1) is 31.9. The third kappa shape index (κ3) is 9.42. The van der Waals surface area contributed by atoms with E-state index in [0.717, 1.165) is 97.3 Å². The fraction of sp³-hybridized carbons (Fsp3) is 0.431. The van der Waals surface area contributed by atoms with Gasteiger partial charge < -0.3 is 39.6 Å². The average molecular weight is 910 g/mol. The number of piperidine rings is 3. The number of aromatic nitrogens is 3. The number of methoxy groups -OCH3 is 1. The van der Waals surface area contributed by atoms with Gasteiger partial charge in [-0.1, -0.05) is 37.0 Å². The van der Waals surface area contributed by atoms with Gasteiger partial charge in [0.1, 0.15) is 30.4 Å². The van der Waals surface area contributed by atoms with E-state index >= 15 is 0 Å². The molecule has 5 aromatic rings. The van der Waals surface area contributed by atoms with E-state index in [2.05, 4.69) is 61.6 Å². The summed E-state index contributed by atoms with van der Waals surface area (Å²) in [4.78, 5) is 57.0. The van der Waals surface area contributed by atoms with Gasteiger partial charge in [-0.05, 0) is 137 Å². The zero-order chi connectivity index (χ0) is 46.0. The lowest BCUT2D eigenvalue weighted by molar-refractivity contribution is -0.136. The number of nitrogens with one attached hydrogen (secondary N) is 4. The summed E-state index contributed by atoms with van der Waals surface area (Å²) < 4.78 is 19.1. The quantitative estimate of drug-likeness (QED) is 0.0393. The largest absolute Gasteiger partial charge is 0.494 e. The zero-order valence-corrected chi connectivity index (χ0v) is 39.4. The predicted molar refractivity (Wildman–Crippen MR) is 261 cm³/mol. The van der Waals surface area contributed by atoms with Gasteiger partial charge in [0, 0.05) is 66.9 Å². The second kappa shape index (κ2) is 19.0. The number of carbonyl (C=O) groups is 3. The summed E-state index contributed by atoms with van der Waals surface area (Å²) in [7, 11) is -0.845. The minimum Gasteiger partial charge on any atom is -0.494 e. The zero-order valence-electron chi connectivity index (χ0n) is 38.5. The first-order valence-corrected chi connectivity index (χ1v) is 26.0. The Balaban J connectivity index is 0.767. The van der Waals surface area contributed by atoms with Crippen molar-refractivity contribution in [3.05, 3.63) is 89.1 Å². The van der Waals surface area contributed by atoms with Crippen LogP contribution in [0.4, 0.5) is 28.8 Å². The third-order valence-electron chi connectivity index (χ3n) is 14.1. The molecule has 66 heavy (non-hydrogen) atoms. The summed E-state index contributed by atoms with van der Waals surface area (Å²) in [5.41, 5.74) is 7.39. The number of likely N-dealkylation sites (tertiary alicyclic amines) is 1. The first kappa shape index (κ1) is 45.0. The highest BCUT2D eigenvalue weighted by molar-refractivity contribution is 7.70. The molecule has 2 aromatic heterocycles. The Labute approximate surface area is 387 Å². The molecule has 3 fully saturated rings. The van der Waals surface area contributed by atoms with Gasteiger partial charge in [-0.3, -0.25) is 19.7 Å². The van der Waals surface area contributed by atoms with Crippen molar-refractivity contribution in [2.45, 2.75) is 83.7 Å². The molecule has 0 bridgehead atoms. The van der Waals surface area contributed by atoms with Crippen LogP contribution in [0, 0.1) is 17.3 Å². The number of imide groups is 1. The summed E-state index contributed by atoms with van der Waals surface area (Å²) in [6, 6.07) is 18.9. The van der Waals surface area contributed by atoms with Crippen LogP contribution in [-0.2, 0) is 27.1 Å². The standard InChI is InChI=1S/C51H60N9O5P/c1-5-34-31-40(54-50-56-46-37(20-25-52-46)47(57-50)53-39-16-9-10-17-44(39)66(3,4)64)43(65-2)32-42(34)59-29-23-51(24-30-59)21-27-58(28-22-51)26-11-7-6-8-13-35-14-12-15-36-38(35)33-60(49(36)63)41-18-19-45(61)55-48(41)62/h9-10,12,14-17,20,25,31-32,41H,5-7,11,18-19,21-24,26-30,33H2,1-4H3,(H,55,61,62)(H3,52,53,54,56,57). The van der Waals surface area contributed by atoms with Crippen molar-refractivity contribution in [2.75, 3.05) is 68.7 Å². The molecule has 344 valence electrons. The smallest absolute Gasteiger partial charge is 0.255 e. The van der Waals surface area contributed by atoms with E-state index < -0.39 is 19.1 Å². The second-order valence-corrected chi connectivity index (χ2v) is 21.8. The minimum atomic E-state index is -2.55. The van der Waals surface area contributed by atoms with E-state index in [4.69, 9.17) is 14.7 Å². The van der Waals surface area contributed by atoms with Crippen molar-refractivity contribution in [2.24, 2.45) is 5.41 Å². The van der Waals surface area contributed by atoms with Crippen LogP contribution in [0.2, 0.25) is 0 Å². The van der Waals surface area contributed by atoms with Gasteiger partial charge in [0.2, 0.25) is 17.8 Å². The van der Waals surface area contributed by atoms with E-state index in [9.17, 15) is 18.9 Å². The highest BCUT2D eigenvalue weighted by Crippen LogP contribution is 2.45. The SMILES string of the molecule is CCc1cc(Nc2nc(Nc3ccccc3P(C)(C)=O)c3cc[nH]c3n2)c(OC)cc1N1CCC2(CCN(CCCCC#Cc3cccc4c3CN(C3CCC(=O)NC3=O)C4=O)CC2)CC1.